The molecule has 17 heteroatoms. The number of sulfonamides is 1. The lowest BCUT2D eigenvalue weighted by molar-refractivity contribution is -0.384. The number of aromatic nitrogens is 1. The zero-order valence-electron chi connectivity index (χ0n) is 43.1. The number of benzene rings is 3. The average molecular weight is 1040 g/mol. The van der Waals surface area contributed by atoms with E-state index in [1.54, 1.807) is 54.7 Å². The van der Waals surface area contributed by atoms with Gasteiger partial charge in [0.25, 0.3) is 5.69 Å². The Kier molecular flexibility index (Phi) is 20.6. The number of likely N-dealkylation sites (N-methyl/N-ethyl adjacent to an activating group) is 1. The minimum atomic E-state index is -4.38. The van der Waals surface area contributed by atoms with E-state index in [9.17, 15) is 25.1 Å². The largest absolute Gasteiger partial charge is 0.460 e. The van der Waals surface area contributed by atoms with Crippen LogP contribution in [0.2, 0.25) is 0 Å². The second-order valence-electron chi connectivity index (χ2n) is 19.8. The highest BCUT2D eigenvalue weighted by molar-refractivity contribution is 7.89. The molecule has 0 spiro atoms. The van der Waals surface area contributed by atoms with Gasteiger partial charge >= 0.3 is 6.09 Å². The molecule has 1 amide bonds. The summed E-state index contributed by atoms with van der Waals surface area (Å²) in [5.41, 5.74) is 2.84. The summed E-state index contributed by atoms with van der Waals surface area (Å²) in [6.45, 7) is 6.69. The van der Waals surface area contributed by atoms with Gasteiger partial charge in [0.05, 0.1) is 34.7 Å². The number of nitrogens with zero attached hydrogens (tertiary/aromatic N) is 4. The molecule has 1 aromatic heterocycles. The van der Waals surface area contributed by atoms with Gasteiger partial charge in [0.1, 0.15) is 23.0 Å². The maximum absolute atomic E-state index is 15.3. The van der Waals surface area contributed by atoms with E-state index in [1.165, 1.54) is 68.4 Å². The van der Waals surface area contributed by atoms with E-state index in [4.69, 9.17) is 24.2 Å². The summed E-state index contributed by atoms with van der Waals surface area (Å²) in [7, 11) is -2.86. The highest BCUT2D eigenvalue weighted by Crippen LogP contribution is 2.62. The molecule has 1 saturated carbocycles. The van der Waals surface area contributed by atoms with Crippen molar-refractivity contribution >= 4 is 38.4 Å². The Morgan fingerprint density at radius 3 is 2.35 bits per heavy atom. The molecule has 1 aliphatic heterocycles. The predicted octanol–water partition coefficient (Wildman–Crippen LogP) is 11.3. The normalized spacial score (nSPS) is 21.6. The number of nitrogens with one attached hydrogen (secondary N) is 1. The Bertz CT molecular complexity index is 2680. The third-order valence-corrected chi connectivity index (χ3v) is 16.8. The van der Waals surface area contributed by atoms with Crippen LogP contribution in [0.5, 0.6) is 11.5 Å². The molecule has 0 radical (unpaired) electrons. The van der Waals surface area contributed by atoms with Crippen molar-refractivity contribution in [2.24, 2.45) is 22.9 Å². The number of oxime groups is 1. The van der Waals surface area contributed by atoms with Crippen LogP contribution in [0, 0.1) is 27.9 Å². The van der Waals surface area contributed by atoms with Crippen molar-refractivity contribution in [1.82, 2.24) is 14.6 Å². The molecule has 7 rings (SSSR count). The van der Waals surface area contributed by atoms with E-state index in [0.717, 1.165) is 30.4 Å². The number of ether oxygens (including phenoxy) is 3. The Morgan fingerprint density at radius 2 is 1.65 bits per heavy atom. The van der Waals surface area contributed by atoms with Crippen LogP contribution in [0.15, 0.2) is 113 Å². The summed E-state index contributed by atoms with van der Waals surface area (Å²) in [4.78, 5) is 35.0. The van der Waals surface area contributed by atoms with Crippen LogP contribution in [0.25, 0.3) is 10.9 Å². The number of nitro groups is 1. The second-order valence-corrected chi connectivity index (χ2v) is 21.8. The number of rotatable bonds is 30. The smallest absolute Gasteiger partial charge is 0.412 e. The lowest BCUT2D eigenvalue weighted by atomic mass is 9.55. The number of amides is 1. The summed E-state index contributed by atoms with van der Waals surface area (Å²) in [6, 6.07) is 18.8. The molecule has 400 valence electrons. The fourth-order valence-electron chi connectivity index (χ4n) is 11.2. The number of pyridine rings is 1. The van der Waals surface area contributed by atoms with Crippen molar-refractivity contribution in [2.45, 2.75) is 145 Å². The first-order valence-corrected chi connectivity index (χ1v) is 28.1. The lowest BCUT2D eigenvalue weighted by Crippen LogP contribution is -2.69. The summed E-state index contributed by atoms with van der Waals surface area (Å²) in [6.07, 6.45) is 20.5. The average Bonchev–Trinajstić information content (AvgIpc) is 3.45. The van der Waals surface area contributed by atoms with Crippen molar-refractivity contribution in [2.75, 3.05) is 33.4 Å². The number of nitro benzene ring substituents is 1. The molecule has 74 heavy (non-hydrogen) atoms. The Hall–Kier alpha value is -5.72. The molecular weight excluding hydrogens is 963 g/mol. The molecule has 3 N–H and O–H groups in total. The zero-order valence-corrected chi connectivity index (χ0v) is 43.9. The fraction of sp³-hybridized carbons (Fsp3) is 0.526. The Balaban J connectivity index is 1.29. The zero-order chi connectivity index (χ0) is 52.5. The Morgan fingerprint density at radius 1 is 0.946 bits per heavy atom. The lowest BCUT2D eigenvalue weighted by Gasteiger charge is -2.59. The molecule has 3 aromatic carbocycles. The van der Waals surface area contributed by atoms with Crippen molar-refractivity contribution in [3.8, 4) is 11.5 Å². The van der Waals surface area contributed by atoms with E-state index in [0.29, 0.717) is 78.7 Å². The minimum absolute atomic E-state index is 0.00156. The number of unbranched alkanes of at least 4 members (excludes halogenated alkanes) is 11. The number of fused-ring (bicyclic) bond motifs is 3. The SMILES string of the molecule is C=CCO[C@@]12Oc3ccc(OC(=O)NCCCCCCCCCCCC)cc3[C@H]3[C@H](CCCCO)[C@@H](CCCCO)C=C(C(=NOCc4ccc([N+](=O)[O-])cc4)C[C@@H]1N(C)S(=O)(=O)c1cccc4cccnc14)[C@H]32. The maximum atomic E-state index is 15.3. The number of para-hydroxylation sites is 1. The number of aliphatic hydroxyl groups excluding tert-OH is 2. The number of hydrogen-bond donors (Lipinski definition) is 3. The summed E-state index contributed by atoms with van der Waals surface area (Å²) in [5, 5.41) is 39.9. The topological polar surface area (TPSA) is 212 Å². The van der Waals surface area contributed by atoms with Gasteiger partial charge in [0, 0.05) is 68.4 Å². The molecule has 16 nitrogen and oxygen atoms in total. The van der Waals surface area contributed by atoms with Gasteiger partial charge in [-0.3, -0.25) is 15.1 Å². The first-order valence-electron chi connectivity index (χ1n) is 26.7. The van der Waals surface area contributed by atoms with Crippen LogP contribution in [0.3, 0.4) is 0 Å². The molecule has 3 aliphatic rings. The van der Waals surface area contributed by atoms with Crippen LogP contribution in [-0.2, 0) is 26.2 Å². The van der Waals surface area contributed by atoms with Gasteiger partial charge < -0.3 is 34.6 Å². The molecule has 2 heterocycles. The Labute approximate surface area is 436 Å². The number of non-ortho nitro benzene ring substituents is 1. The first-order chi connectivity index (χ1) is 36.0. The molecule has 4 aromatic rings. The first kappa shape index (κ1) is 56.0. The third kappa shape index (κ3) is 13.4. The molecule has 2 aliphatic carbocycles. The summed E-state index contributed by atoms with van der Waals surface area (Å²) < 4.78 is 52.2. The van der Waals surface area contributed by atoms with Crippen LogP contribution >= 0.6 is 0 Å². The van der Waals surface area contributed by atoms with Gasteiger partial charge in [-0.25, -0.2) is 13.2 Å². The van der Waals surface area contributed by atoms with Gasteiger partial charge in [-0.15, -0.1) is 6.58 Å². The number of carbonyl (C=O) groups excluding carboxylic acids is 1. The number of allylic oxidation sites excluding steroid dienone is 1. The van der Waals surface area contributed by atoms with Crippen LogP contribution in [0.1, 0.15) is 133 Å². The van der Waals surface area contributed by atoms with Gasteiger partial charge in [-0.1, -0.05) is 113 Å². The van der Waals surface area contributed by atoms with Crippen LogP contribution < -0.4 is 14.8 Å². The van der Waals surface area contributed by atoms with Crippen LogP contribution in [-0.4, -0.2) is 89.9 Å². The summed E-state index contributed by atoms with van der Waals surface area (Å²) in [5.74, 6) is -2.35. The van der Waals surface area contributed by atoms with E-state index in [2.05, 4.69) is 29.9 Å². The number of hydrogen-bond acceptors (Lipinski definition) is 13. The molecular formula is C57H75N5O11S. The highest BCUT2D eigenvalue weighted by Gasteiger charge is 2.66. The molecule has 0 unspecified atom stereocenters. The van der Waals surface area contributed by atoms with Crippen molar-refractivity contribution < 1.29 is 47.4 Å². The van der Waals surface area contributed by atoms with Gasteiger partial charge in [0.2, 0.25) is 15.8 Å². The minimum Gasteiger partial charge on any atom is -0.460 e. The van der Waals surface area contributed by atoms with Gasteiger partial charge in [0.15, 0.2) is 0 Å². The summed E-state index contributed by atoms with van der Waals surface area (Å²) >= 11 is 0. The standard InChI is InChI=1S/C57H75N5O11S/c1-4-6-7-8-9-10-11-12-13-16-32-59-56(65)72-45-30-31-50-48(38-45)53-46(24-15-18-35-64)43(21-14-17-34-63)37-47-49(60-71-40-41-26-28-44(29-27-41)62(66)67)39-52(57(73-50,54(47)53)70-36-5-2)61(3)74(68,69)51-25-19-22-42-23-20-33-58-55(42)51/h5,19-20,22-23,25-31,33,37-38,43,46,52-54,63-64H,2,4,6-18,21,24,32,34-36,39-40H2,1,3H3,(H,59,65)/t43-,46+,52-,53+,54+,57+/m0/s1. The predicted molar refractivity (Wildman–Crippen MR) is 285 cm³/mol. The number of aliphatic hydroxyl groups is 2. The molecule has 6 atom stereocenters. The highest BCUT2D eigenvalue weighted by atomic mass is 32.2. The van der Waals surface area contributed by atoms with Crippen LogP contribution in [0.4, 0.5) is 10.5 Å². The molecule has 0 saturated heterocycles. The van der Waals surface area contributed by atoms with Gasteiger partial charge in [-0.2, -0.15) is 4.31 Å². The third-order valence-electron chi connectivity index (χ3n) is 14.9. The maximum Gasteiger partial charge on any atom is 0.412 e. The van der Waals surface area contributed by atoms with E-state index < -0.39 is 44.7 Å². The van der Waals surface area contributed by atoms with E-state index >= 15 is 8.42 Å². The monoisotopic (exact) mass is 1040 g/mol. The van der Waals surface area contributed by atoms with Crippen molar-refractivity contribution in [3.63, 3.8) is 0 Å². The quantitative estimate of drug-likeness (QED) is 0.0193. The van der Waals surface area contributed by atoms with E-state index in [1.807, 2.05) is 18.2 Å². The van der Waals surface area contributed by atoms with Gasteiger partial charge in [-0.05, 0) is 97.5 Å². The number of carbonyl (C=O) groups is 1. The van der Waals surface area contributed by atoms with Crippen molar-refractivity contribution in [3.05, 3.63) is 125 Å². The molecule has 1 fully saturated rings. The fourth-order valence-corrected chi connectivity index (χ4v) is 12.8. The van der Waals surface area contributed by atoms with E-state index in [-0.39, 0.29) is 55.3 Å². The second kappa shape index (κ2) is 27.2. The molecule has 0 bridgehead atoms. The van der Waals surface area contributed by atoms with Crippen molar-refractivity contribution in [1.29, 1.82) is 0 Å².